The fourth-order valence-corrected chi connectivity index (χ4v) is 5.26. The van der Waals surface area contributed by atoms with Gasteiger partial charge in [0.15, 0.2) is 5.69 Å². The van der Waals surface area contributed by atoms with Crippen LogP contribution in [0.1, 0.15) is 98.1 Å². The molecule has 296 valence electrons. The number of carbonyl (C=O) groups is 2. The number of fused-ring (bicyclic) bond motifs is 5. The quantitative estimate of drug-likeness (QED) is 0.183. The number of rotatable bonds is 5. The van der Waals surface area contributed by atoms with Crippen LogP contribution in [0.2, 0.25) is 0 Å². The Balaban J connectivity index is 2.07. The molecule has 4 rings (SSSR count). The van der Waals surface area contributed by atoms with Crippen LogP contribution >= 0.6 is 0 Å². The van der Waals surface area contributed by atoms with E-state index in [-0.39, 0.29) is 30.1 Å². The number of imide groups is 1. The van der Waals surface area contributed by atoms with Crippen molar-refractivity contribution in [3.63, 3.8) is 0 Å². The highest BCUT2D eigenvalue weighted by molar-refractivity contribution is 6.11. The molecule has 1 unspecified atom stereocenters. The Bertz CT molecular complexity index is 1770. The zero-order chi connectivity index (χ0) is 40.3. The van der Waals surface area contributed by atoms with Gasteiger partial charge in [0.05, 0.1) is 12.3 Å². The van der Waals surface area contributed by atoms with Crippen molar-refractivity contribution in [1.82, 2.24) is 15.2 Å². The van der Waals surface area contributed by atoms with Crippen molar-refractivity contribution in [2.75, 3.05) is 4.90 Å². The van der Waals surface area contributed by atoms with Gasteiger partial charge in [0, 0.05) is 6.42 Å². The first-order valence-corrected chi connectivity index (χ1v) is 17.2. The summed E-state index contributed by atoms with van der Waals surface area (Å²) >= 11 is 0. The Morgan fingerprint density at radius 1 is 0.926 bits per heavy atom. The van der Waals surface area contributed by atoms with Gasteiger partial charge in [-0.15, -0.1) is 10.2 Å². The number of benzene rings is 1. The van der Waals surface area contributed by atoms with Crippen LogP contribution in [0.15, 0.2) is 53.0 Å². The summed E-state index contributed by atoms with van der Waals surface area (Å²) in [6, 6.07) is 8.42. The zero-order valence-electron chi connectivity index (χ0n) is 31.2. The maximum absolute atomic E-state index is 15.3. The minimum atomic E-state index is -5.19. The lowest BCUT2D eigenvalue weighted by Gasteiger charge is -2.32. The fourth-order valence-electron chi connectivity index (χ4n) is 5.26. The van der Waals surface area contributed by atoms with Crippen LogP contribution in [0.4, 0.5) is 41.6 Å². The summed E-state index contributed by atoms with van der Waals surface area (Å²) in [5.41, 5.74) is -8.65. The molecule has 2 aromatic heterocycles. The van der Waals surface area contributed by atoms with E-state index in [1.54, 1.807) is 56.3 Å². The minimum absolute atomic E-state index is 0.0642. The van der Waals surface area contributed by atoms with Crippen molar-refractivity contribution in [2.24, 2.45) is 5.92 Å². The molecule has 3 aromatic rings. The van der Waals surface area contributed by atoms with E-state index in [0.29, 0.717) is 11.6 Å². The Kier molecular flexibility index (Phi) is 12.4. The highest BCUT2D eigenvalue weighted by Crippen LogP contribution is 2.48. The van der Waals surface area contributed by atoms with Crippen LogP contribution in [0, 0.1) is 5.92 Å². The summed E-state index contributed by atoms with van der Waals surface area (Å²) < 4.78 is 119. The van der Waals surface area contributed by atoms with E-state index in [1.165, 1.54) is 41.5 Å². The SMILES string of the molecule is CC(C)C1C/C=C\CCC[C@](OCc2ccccc2)(C(F)(F)F)c2nnc(o2)-c2nc(c(C(F)(F)F)cc2N(C(=O)OC(C)(C)C)C(=O)OC(C)(C)C)O1. The molecule has 11 nitrogen and oxygen atoms in total. The van der Waals surface area contributed by atoms with Gasteiger partial charge in [-0.3, -0.25) is 0 Å². The fraction of sp³-hybridized carbons (Fsp3) is 0.541. The summed E-state index contributed by atoms with van der Waals surface area (Å²) in [6.07, 6.45) is -11.6. The smallest absolute Gasteiger partial charge is 0.426 e. The Morgan fingerprint density at radius 3 is 2.07 bits per heavy atom. The van der Waals surface area contributed by atoms with Crippen LogP contribution < -0.4 is 9.64 Å². The first-order chi connectivity index (χ1) is 24.9. The van der Waals surface area contributed by atoms with Crippen molar-refractivity contribution in [3.8, 4) is 17.5 Å². The molecule has 3 heterocycles. The molecule has 1 aromatic carbocycles. The number of anilines is 1. The number of carbonyl (C=O) groups excluding carboxylic acids is 2. The summed E-state index contributed by atoms with van der Waals surface area (Å²) in [7, 11) is 0. The van der Waals surface area contributed by atoms with Gasteiger partial charge in [-0.1, -0.05) is 56.3 Å². The summed E-state index contributed by atoms with van der Waals surface area (Å²) in [4.78, 5) is 31.6. The molecular formula is C37H44F6N4O7. The van der Waals surface area contributed by atoms with Crippen molar-refractivity contribution in [1.29, 1.82) is 0 Å². The van der Waals surface area contributed by atoms with E-state index in [2.05, 4.69) is 15.2 Å². The largest absolute Gasteiger partial charge is 0.473 e. The topological polar surface area (TPSA) is 126 Å². The second-order valence-corrected chi connectivity index (χ2v) is 15.0. The lowest BCUT2D eigenvalue weighted by Crippen LogP contribution is -2.45. The van der Waals surface area contributed by atoms with Gasteiger partial charge >= 0.3 is 24.5 Å². The number of allylic oxidation sites excluding steroid dienone is 1. The monoisotopic (exact) mass is 770 g/mol. The molecule has 1 aliphatic rings. The molecule has 0 fully saturated rings. The van der Waals surface area contributed by atoms with E-state index in [4.69, 9.17) is 23.4 Å². The average Bonchev–Trinajstić information content (AvgIpc) is 3.51. The Labute approximate surface area is 309 Å². The van der Waals surface area contributed by atoms with Crippen molar-refractivity contribution in [3.05, 3.63) is 65.6 Å². The van der Waals surface area contributed by atoms with Gasteiger partial charge in [-0.25, -0.2) is 14.6 Å². The van der Waals surface area contributed by atoms with E-state index < -0.39 is 95.1 Å². The highest BCUT2D eigenvalue weighted by atomic mass is 19.4. The zero-order valence-corrected chi connectivity index (χ0v) is 31.2. The van der Waals surface area contributed by atoms with Crippen molar-refractivity contribution >= 4 is 17.9 Å². The molecule has 0 saturated carbocycles. The van der Waals surface area contributed by atoms with E-state index in [0.717, 1.165) is 0 Å². The molecule has 2 atom stereocenters. The number of hydrogen-bond donors (Lipinski definition) is 0. The van der Waals surface area contributed by atoms with Crippen LogP contribution in [0.25, 0.3) is 11.6 Å². The number of nitrogens with zero attached hydrogens (tertiary/aromatic N) is 4. The van der Waals surface area contributed by atoms with Gasteiger partial charge < -0.3 is 23.4 Å². The second kappa shape index (κ2) is 16.0. The predicted octanol–water partition coefficient (Wildman–Crippen LogP) is 10.3. The normalized spacial score (nSPS) is 19.3. The van der Waals surface area contributed by atoms with Gasteiger partial charge in [-0.2, -0.15) is 31.2 Å². The predicted molar refractivity (Wildman–Crippen MR) is 183 cm³/mol. The van der Waals surface area contributed by atoms with Crippen LogP contribution in [0.3, 0.4) is 0 Å². The third-order valence-electron chi connectivity index (χ3n) is 7.87. The minimum Gasteiger partial charge on any atom is -0.473 e. The maximum Gasteiger partial charge on any atom is 0.426 e. The van der Waals surface area contributed by atoms with Gasteiger partial charge in [0.1, 0.15) is 22.9 Å². The standard InChI is InChI=1S/C37H44F6N4O7/c1-22(2)26-18-14-9-10-15-19-35(37(41,42)43,50-21-23-16-12-11-13-17-23)30-46-45-29(52-30)27-25(20-24(36(38,39)40)28(44-27)51-26)47(31(48)53-33(3,4)5)32(49)54-34(6,7)8/h9,11-14,16-17,20,22,26H,10,15,18-19,21H2,1-8H3/b14-9-/t26?,35-/m1/s1. The van der Waals surface area contributed by atoms with E-state index in [9.17, 15) is 22.8 Å². The number of amides is 2. The number of ether oxygens (including phenoxy) is 4. The molecule has 54 heavy (non-hydrogen) atoms. The molecule has 0 radical (unpaired) electrons. The molecule has 0 spiro atoms. The van der Waals surface area contributed by atoms with Crippen molar-refractivity contribution in [2.45, 2.75) is 123 Å². The Morgan fingerprint density at radius 2 is 1.54 bits per heavy atom. The van der Waals surface area contributed by atoms with Gasteiger partial charge in [0.25, 0.3) is 11.8 Å². The van der Waals surface area contributed by atoms with Crippen molar-refractivity contribution < 1.29 is 59.3 Å². The lowest BCUT2D eigenvalue weighted by molar-refractivity contribution is -0.299. The van der Waals surface area contributed by atoms with Crippen LogP contribution in [-0.2, 0) is 32.6 Å². The molecule has 0 aliphatic carbocycles. The number of pyridine rings is 1. The van der Waals surface area contributed by atoms with E-state index in [1.807, 2.05) is 0 Å². The summed E-state index contributed by atoms with van der Waals surface area (Å²) in [5.74, 6) is -3.37. The molecule has 0 N–H and O–H groups in total. The molecule has 17 heteroatoms. The molecule has 0 saturated heterocycles. The number of halogens is 6. The number of aromatic nitrogens is 3. The molecule has 2 amide bonds. The lowest BCUT2D eigenvalue weighted by atomic mass is 9.94. The average molecular weight is 771 g/mol. The molecule has 1 aliphatic heterocycles. The van der Waals surface area contributed by atoms with Crippen LogP contribution in [0.5, 0.6) is 5.88 Å². The molecular weight excluding hydrogens is 726 g/mol. The van der Waals surface area contributed by atoms with Gasteiger partial charge in [-0.05, 0) is 78.4 Å². The van der Waals surface area contributed by atoms with Gasteiger partial charge in [0.2, 0.25) is 11.5 Å². The molecule has 4 bridgehead atoms. The van der Waals surface area contributed by atoms with Crippen LogP contribution in [-0.4, -0.2) is 50.9 Å². The summed E-state index contributed by atoms with van der Waals surface area (Å²) in [6.45, 7) is 11.5. The third-order valence-corrected chi connectivity index (χ3v) is 7.87. The maximum atomic E-state index is 15.3. The number of hydrogen-bond acceptors (Lipinski definition) is 10. The number of alkyl halides is 6. The highest BCUT2D eigenvalue weighted by Gasteiger charge is 2.61. The summed E-state index contributed by atoms with van der Waals surface area (Å²) in [5, 5.41) is 7.48. The Hall–Kier alpha value is -4.67. The second-order valence-electron chi connectivity index (χ2n) is 15.0. The first-order valence-electron chi connectivity index (χ1n) is 17.2. The third kappa shape index (κ3) is 10.3. The van der Waals surface area contributed by atoms with E-state index >= 15 is 13.2 Å². The first kappa shape index (κ1) is 42.1.